The van der Waals surface area contributed by atoms with Gasteiger partial charge in [-0.25, -0.2) is 4.79 Å². The minimum atomic E-state index is -1.62. The first-order chi connectivity index (χ1) is 7.91. The number of carboxylic acid groups (broad SMARTS) is 1. The fraction of sp³-hybridized carbons (Fsp3) is 0.200. The quantitative estimate of drug-likeness (QED) is 0.779. The first-order valence-electron chi connectivity index (χ1n) is 4.56. The van der Waals surface area contributed by atoms with Crippen LogP contribution in [0.2, 0.25) is 5.02 Å². The summed E-state index contributed by atoms with van der Waals surface area (Å²) in [6.45, 7) is -0.358. The third-order valence-corrected chi connectivity index (χ3v) is 2.81. The largest absolute Gasteiger partial charge is 0.479 e. The van der Waals surface area contributed by atoms with Crippen LogP contribution in [0.3, 0.4) is 0 Å². The Morgan fingerprint density at radius 2 is 2.12 bits per heavy atom. The number of rotatable bonds is 4. The summed E-state index contributed by atoms with van der Waals surface area (Å²) in [5.74, 6) is -1.88. The molecule has 1 rings (SSSR count). The third-order valence-electron chi connectivity index (χ3n) is 1.92. The Morgan fingerprint density at radius 1 is 1.47 bits per heavy atom. The van der Waals surface area contributed by atoms with Crippen molar-refractivity contribution >= 4 is 39.4 Å². The molecule has 0 aromatic heterocycles. The lowest BCUT2D eigenvalue weighted by atomic mass is 10.2. The molecule has 0 fully saturated rings. The minimum Gasteiger partial charge on any atom is -0.479 e. The van der Waals surface area contributed by atoms with Gasteiger partial charge in [-0.15, -0.1) is 0 Å². The van der Waals surface area contributed by atoms with Crippen molar-refractivity contribution in [3.63, 3.8) is 0 Å². The van der Waals surface area contributed by atoms with Crippen LogP contribution in [0.15, 0.2) is 22.7 Å². The SMILES string of the molecule is O=C(NCC(O)C(=O)O)c1ccc(Cl)cc1Br. The minimum absolute atomic E-state index is 0.312. The predicted molar refractivity (Wildman–Crippen MR) is 65.1 cm³/mol. The molecular formula is C10H9BrClNO4. The number of benzene rings is 1. The molecule has 92 valence electrons. The van der Waals surface area contributed by atoms with Crippen molar-refractivity contribution in [2.75, 3.05) is 6.54 Å². The summed E-state index contributed by atoms with van der Waals surface area (Å²) >= 11 is 8.87. The third kappa shape index (κ3) is 3.99. The van der Waals surface area contributed by atoms with Crippen molar-refractivity contribution in [2.45, 2.75) is 6.10 Å². The Hall–Kier alpha value is -1.11. The second-order valence-electron chi connectivity index (χ2n) is 3.19. The van der Waals surface area contributed by atoms with E-state index < -0.39 is 18.0 Å². The molecule has 17 heavy (non-hydrogen) atoms. The molecule has 0 saturated carbocycles. The van der Waals surface area contributed by atoms with Crippen LogP contribution in [0.5, 0.6) is 0 Å². The van der Waals surface area contributed by atoms with Crippen molar-refractivity contribution in [2.24, 2.45) is 0 Å². The van der Waals surface area contributed by atoms with E-state index in [1.165, 1.54) is 12.1 Å². The number of carbonyl (C=O) groups is 2. The second kappa shape index (κ2) is 6.00. The van der Waals surface area contributed by atoms with Gasteiger partial charge in [-0.05, 0) is 34.1 Å². The Kier molecular flexibility index (Phi) is 4.92. The van der Waals surface area contributed by atoms with Gasteiger partial charge in [-0.3, -0.25) is 4.79 Å². The topological polar surface area (TPSA) is 86.6 Å². The maximum atomic E-state index is 11.6. The van der Waals surface area contributed by atoms with Gasteiger partial charge in [0.25, 0.3) is 5.91 Å². The van der Waals surface area contributed by atoms with Crippen LogP contribution in [-0.4, -0.2) is 34.7 Å². The first-order valence-corrected chi connectivity index (χ1v) is 5.73. The zero-order valence-corrected chi connectivity index (χ0v) is 10.8. The average Bonchev–Trinajstić information content (AvgIpc) is 2.25. The highest BCUT2D eigenvalue weighted by molar-refractivity contribution is 9.10. The number of amides is 1. The number of hydrogen-bond acceptors (Lipinski definition) is 3. The van der Waals surface area contributed by atoms with E-state index in [1.54, 1.807) is 6.07 Å². The number of nitrogens with one attached hydrogen (secondary N) is 1. The second-order valence-corrected chi connectivity index (χ2v) is 4.48. The van der Waals surface area contributed by atoms with Gasteiger partial charge in [0, 0.05) is 9.50 Å². The zero-order valence-electron chi connectivity index (χ0n) is 8.48. The van der Waals surface area contributed by atoms with Crippen LogP contribution in [0.25, 0.3) is 0 Å². The Labute approximate surface area is 111 Å². The molecule has 7 heteroatoms. The van der Waals surface area contributed by atoms with Crippen LogP contribution in [0, 0.1) is 0 Å². The van der Waals surface area contributed by atoms with E-state index in [0.29, 0.717) is 15.1 Å². The normalized spacial score (nSPS) is 11.9. The van der Waals surface area contributed by atoms with Gasteiger partial charge in [-0.2, -0.15) is 0 Å². The van der Waals surface area contributed by atoms with Gasteiger partial charge in [0.05, 0.1) is 12.1 Å². The van der Waals surface area contributed by atoms with Crippen LogP contribution < -0.4 is 5.32 Å². The van der Waals surface area contributed by atoms with Crippen molar-refractivity contribution in [3.8, 4) is 0 Å². The fourth-order valence-electron chi connectivity index (χ4n) is 1.05. The summed E-state index contributed by atoms with van der Waals surface area (Å²) in [5.41, 5.74) is 0.312. The lowest BCUT2D eigenvalue weighted by Crippen LogP contribution is -2.36. The van der Waals surface area contributed by atoms with Crippen molar-refractivity contribution in [3.05, 3.63) is 33.3 Å². The van der Waals surface area contributed by atoms with E-state index >= 15 is 0 Å². The summed E-state index contributed by atoms with van der Waals surface area (Å²) in [6, 6.07) is 4.58. The number of carboxylic acids is 1. The molecule has 0 radical (unpaired) electrons. The molecule has 0 aliphatic heterocycles. The van der Waals surface area contributed by atoms with Gasteiger partial charge in [0.1, 0.15) is 0 Å². The molecule has 0 saturated heterocycles. The highest BCUT2D eigenvalue weighted by Gasteiger charge is 2.16. The van der Waals surface area contributed by atoms with E-state index in [9.17, 15) is 9.59 Å². The zero-order chi connectivity index (χ0) is 13.0. The van der Waals surface area contributed by atoms with Crippen LogP contribution in [0.1, 0.15) is 10.4 Å². The molecule has 1 unspecified atom stereocenters. The Morgan fingerprint density at radius 3 is 2.65 bits per heavy atom. The molecule has 1 atom stereocenters. The molecule has 0 aliphatic carbocycles. The monoisotopic (exact) mass is 321 g/mol. The number of hydrogen-bond donors (Lipinski definition) is 3. The number of carbonyl (C=O) groups excluding carboxylic acids is 1. The molecule has 0 heterocycles. The molecule has 1 aromatic carbocycles. The van der Waals surface area contributed by atoms with E-state index in [-0.39, 0.29) is 6.54 Å². The van der Waals surface area contributed by atoms with Crippen molar-refractivity contribution < 1.29 is 19.8 Å². The van der Waals surface area contributed by atoms with Gasteiger partial charge in [0.2, 0.25) is 0 Å². The van der Waals surface area contributed by atoms with Crippen LogP contribution >= 0.6 is 27.5 Å². The number of halogens is 2. The van der Waals surface area contributed by atoms with Crippen molar-refractivity contribution in [1.29, 1.82) is 0 Å². The van der Waals surface area contributed by atoms with E-state index in [2.05, 4.69) is 21.2 Å². The number of aliphatic hydroxyl groups excluding tert-OH is 1. The van der Waals surface area contributed by atoms with Gasteiger partial charge in [0.15, 0.2) is 6.10 Å². The molecular weight excluding hydrogens is 313 g/mol. The molecule has 5 nitrogen and oxygen atoms in total. The van der Waals surface area contributed by atoms with Crippen molar-refractivity contribution in [1.82, 2.24) is 5.32 Å². The fourth-order valence-corrected chi connectivity index (χ4v) is 1.91. The van der Waals surface area contributed by atoms with E-state index in [1.807, 2.05) is 0 Å². The molecule has 1 amide bonds. The van der Waals surface area contributed by atoms with Gasteiger partial charge < -0.3 is 15.5 Å². The maximum Gasteiger partial charge on any atom is 0.334 e. The highest BCUT2D eigenvalue weighted by Crippen LogP contribution is 2.21. The maximum absolute atomic E-state index is 11.6. The summed E-state index contributed by atoms with van der Waals surface area (Å²) in [7, 11) is 0. The van der Waals surface area contributed by atoms with E-state index in [0.717, 1.165) is 0 Å². The van der Waals surface area contributed by atoms with Crippen LogP contribution in [0.4, 0.5) is 0 Å². The average molecular weight is 323 g/mol. The van der Waals surface area contributed by atoms with Crippen LogP contribution in [-0.2, 0) is 4.79 Å². The predicted octanol–water partition coefficient (Wildman–Crippen LogP) is 1.28. The molecule has 3 N–H and O–H groups in total. The summed E-state index contributed by atoms with van der Waals surface area (Å²) < 4.78 is 0.493. The molecule has 0 spiro atoms. The van der Waals surface area contributed by atoms with E-state index in [4.69, 9.17) is 21.8 Å². The molecule has 1 aromatic rings. The Balaban J connectivity index is 2.67. The number of aliphatic hydroxyl groups is 1. The summed E-state index contributed by atoms with van der Waals surface area (Å²) in [4.78, 5) is 21.9. The smallest absolute Gasteiger partial charge is 0.334 e. The number of aliphatic carboxylic acids is 1. The highest BCUT2D eigenvalue weighted by atomic mass is 79.9. The first kappa shape index (κ1) is 14.0. The standard InChI is InChI=1S/C10H9BrClNO4/c11-7-3-5(12)1-2-6(7)9(15)13-4-8(14)10(16)17/h1-3,8,14H,4H2,(H,13,15)(H,16,17). The van der Waals surface area contributed by atoms with Gasteiger partial charge >= 0.3 is 5.97 Å². The summed E-state index contributed by atoms with van der Waals surface area (Å²) in [5, 5.41) is 20.2. The summed E-state index contributed by atoms with van der Waals surface area (Å²) in [6.07, 6.45) is -1.62. The lowest BCUT2D eigenvalue weighted by molar-refractivity contribution is -0.146. The molecule has 0 bridgehead atoms. The Bertz CT molecular complexity index is 452. The molecule has 0 aliphatic rings. The van der Waals surface area contributed by atoms with Gasteiger partial charge in [-0.1, -0.05) is 11.6 Å². The lowest BCUT2D eigenvalue weighted by Gasteiger charge is -2.09.